The molecule has 4 nitrogen and oxygen atoms in total. The van der Waals surface area contributed by atoms with Gasteiger partial charge >= 0.3 is 0 Å². The van der Waals surface area contributed by atoms with Crippen LogP contribution in [0.25, 0.3) is 0 Å². The van der Waals surface area contributed by atoms with Crippen LogP contribution in [0.5, 0.6) is 0 Å². The van der Waals surface area contributed by atoms with Crippen molar-refractivity contribution in [2.45, 2.75) is 4.90 Å². The summed E-state index contributed by atoms with van der Waals surface area (Å²) in [6, 6.07) is 16.3. The minimum absolute atomic E-state index is 0.124. The number of benzene rings is 2. The smallest absolute Gasteiger partial charge is 0.268 e. The zero-order chi connectivity index (χ0) is 15.5. The predicted molar refractivity (Wildman–Crippen MR) is 88.9 cm³/mol. The molecule has 2 aromatic carbocycles. The molecule has 3 rings (SSSR count). The molecule has 0 atom stereocenters. The molecule has 0 saturated heterocycles. The zero-order valence-corrected chi connectivity index (χ0v) is 12.9. The average molecular weight is 331 g/mol. The molecule has 1 heterocycles. The van der Waals surface area contributed by atoms with Gasteiger partial charge in [-0.05, 0) is 24.3 Å². The molecule has 0 spiro atoms. The molecule has 110 valence electrons. The van der Waals surface area contributed by atoms with Crippen LogP contribution < -0.4 is 10.6 Å². The highest BCUT2D eigenvalue weighted by Crippen LogP contribution is 2.40. The molecule has 0 aliphatic carbocycles. The van der Waals surface area contributed by atoms with E-state index in [0.29, 0.717) is 11.4 Å². The van der Waals surface area contributed by atoms with Crippen LogP contribution >= 0.6 is 23.4 Å². The Kier molecular flexibility index (Phi) is 4.18. The van der Waals surface area contributed by atoms with Gasteiger partial charge in [0.05, 0.1) is 5.69 Å². The molecule has 0 fully saturated rings. The lowest BCUT2D eigenvalue weighted by Crippen LogP contribution is -2.21. The molecule has 6 heteroatoms. The number of carbonyl (C=O) groups is 2. The predicted octanol–water partition coefficient (Wildman–Crippen LogP) is 3.82. The van der Waals surface area contributed by atoms with E-state index in [1.807, 2.05) is 24.3 Å². The molecular weight excluding hydrogens is 320 g/mol. The zero-order valence-electron chi connectivity index (χ0n) is 11.3. The topological polar surface area (TPSA) is 58.2 Å². The van der Waals surface area contributed by atoms with Crippen molar-refractivity contribution in [1.29, 1.82) is 0 Å². The number of carbonyl (C=O) groups excluding carboxylic acids is 2. The van der Waals surface area contributed by atoms with E-state index in [4.69, 9.17) is 11.6 Å². The van der Waals surface area contributed by atoms with Crippen LogP contribution in [0.15, 0.2) is 69.4 Å². The van der Waals surface area contributed by atoms with Gasteiger partial charge in [-0.2, -0.15) is 0 Å². The summed E-state index contributed by atoms with van der Waals surface area (Å²) in [4.78, 5) is 25.3. The molecule has 0 aromatic heterocycles. The summed E-state index contributed by atoms with van der Waals surface area (Å²) in [6.45, 7) is 0. The molecule has 1 aliphatic rings. The summed E-state index contributed by atoms with van der Waals surface area (Å²) < 4.78 is 0. The first-order valence-electron chi connectivity index (χ1n) is 6.49. The molecule has 1 aliphatic heterocycles. The van der Waals surface area contributed by atoms with Crippen LogP contribution in [-0.4, -0.2) is 11.8 Å². The van der Waals surface area contributed by atoms with Gasteiger partial charge in [0.25, 0.3) is 11.8 Å². The van der Waals surface area contributed by atoms with Crippen molar-refractivity contribution in [3.63, 3.8) is 0 Å². The van der Waals surface area contributed by atoms with E-state index in [0.717, 1.165) is 4.90 Å². The van der Waals surface area contributed by atoms with E-state index in [2.05, 4.69) is 10.6 Å². The summed E-state index contributed by atoms with van der Waals surface area (Å²) in [5.41, 5.74) is 1.34. The second kappa shape index (κ2) is 6.25. The standard InChI is InChI=1S/C16H11ClN2O2S/c17-13(15(20)18-10-6-2-1-3-7-10)14-16(21)19-11-8-4-5-9-12(11)22-14/h1-9H,(H,18,20)(H,19,21). The van der Waals surface area contributed by atoms with Crippen molar-refractivity contribution in [3.05, 3.63) is 64.5 Å². The third-order valence-electron chi connectivity index (χ3n) is 2.98. The third kappa shape index (κ3) is 3.00. The molecule has 0 bridgehead atoms. The minimum Gasteiger partial charge on any atom is -0.321 e. The molecule has 2 N–H and O–H groups in total. The Morgan fingerprint density at radius 3 is 2.50 bits per heavy atom. The highest BCUT2D eigenvalue weighted by molar-refractivity contribution is 8.04. The lowest BCUT2D eigenvalue weighted by atomic mass is 10.3. The van der Waals surface area contributed by atoms with Gasteiger partial charge < -0.3 is 10.6 Å². The SMILES string of the molecule is O=C(Nc1ccccc1)C(Cl)=C1Sc2ccccc2NC1=O. The van der Waals surface area contributed by atoms with Crippen LogP contribution in [0.1, 0.15) is 0 Å². The van der Waals surface area contributed by atoms with Crippen LogP contribution in [0.3, 0.4) is 0 Å². The Labute approximate surface area is 136 Å². The molecule has 0 radical (unpaired) electrons. The van der Waals surface area contributed by atoms with Crippen molar-refractivity contribution < 1.29 is 9.59 Å². The Hall–Kier alpha value is -2.24. The lowest BCUT2D eigenvalue weighted by Gasteiger charge is -2.19. The first kappa shape index (κ1) is 14.7. The summed E-state index contributed by atoms with van der Waals surface area (Å²) in [6.07, 6.45) is 0. The number of halogens is 1. The van der Waals surface area contributed by atoms with Crippen LogP contribution in [0.4, 0.5) is 11.4 Å². The van der Waals surface area contributed by atoms with Crippen LogP contribution in [0.2, 0.25) is 0 Å². The summed E-state index contributed by atoms with van der Waals surface area (Å²) >= 11 is 7.29. The maximum atomic E-state index is 12.2. The van der Waals surface area contributed by atoms with Crippen molar-refractivity contribution in [2.75, 3.05) is 10.6 Å². The van der Waals surface area contributed by atoms with Gasteiger partial charge in [0.1, 0.15) is 9.94 Å². The quantitative estimate of drug-likeness (QED) is 0.823. The number of anilines is 2. The summed E-state index contributed by atoms with van der Waals surface area (Å²) in [7, 11) is 0. The van der Waals surface area contributed by atoms with Crippen molar-refractivity contribution in [3.8, 4) is 0 Å². The maximum Gasteiger partial charge on any atom is 0.268 e. The fourth-order valence-corrected chi connectivity index (χ4v) is 3.12. The van der Waals surface area contributed by atoms with E-state index < -0.39 is 5.91 Å². The highest BCUT2D eigenvalue weighted by Gasteiger charge is 2.26. The van der Waals surface area contributed by atoms with Gasteiger partial charge in [0.2, 0.25) is 0 Å². The molecule has 0 saturated carbocycles. The van der Waals surface area contributed by atoms with E-state index in [1.165, 1.54) is 11.8 Å². The number of amides is 2. The van der Waals surface area contributed by atoms with Crippen molar-refractivity contribution >= 4 is 46.6 Å². The fraction of sp³-hybridized carbons (Fsp3) is 0. The Balaban J connectivity index is 1.86. The lowest BCUT2D eigenvalue weighted by molar-refractivity contribution is -0.114. The Morgan fingerprint density at radius 2 is 1.73 bits per heavy atom. The second-order valence-corrected chi connectivity index (χ2v) is 5.95. The van der Waals surface area contributed by atoms with Gasteiger partial charge in [-0.1, -0.05) is 53.7 Å². The Bertz CT molecular complexity index is 775. The maximum absolute atomic E-state index is 12.2. The molecular formula is C16H11ClN2O2S. The number of thioether (sulfide) groups is 1. The van der Waals surface area contributed by atoms with Gasteiger partial charge in [0, 0.05) is 10.6 Å². The second-order valence-electron chi connectivity index (χ2n) is 4.52. The van der Waals surface area contributed by atoms with Gasteiger partial charge in [-0.15, -0.1) is 0 Å². The molecule has 0 unspecified atom stereocenters. The van der Waals surface area contributed by atoms with Crippen molar-refractivity contribution in [2.24, 2.45) is 0 Å². The number of hydrogen-bond donors (Lipinski definition) is 2. The third-order valence-corrected chi connectivity index (χ3v) is 4.63. The first-order chi connectivity index (χ1) is 10.6. The molecule has 22 heavy (non-hydrogen) atoms. The first-order valence-corrected chi connectivity index (χ1v) is 7.69. The number of rotatable bonds is 2. The van der Waals surface area contributed by atoms with E-state index in [1.54, 1.807) is 30.3 Å². The number of para-hydroxylation sites is 2. The largest absolute Gasteiger partial charge is 0.321 e. The Morgan fingerprint density at radius 1 is 1.05 bits per heavy atom. The number of fused-ring (bicyclic) bond motifs is 1. The van der Waals surface area contributed by atoms with Gasteiger partial charge in [0.15, 0.2) is 0 Å². The highest BCUT2D eigenvalue weighted by atomic mass is 35.5. The molecule has 2 amide bonds. The van der Waals surface area contributed by atoms with E-state index in [-0.39, 0.29) is 15.8 Å². The average Bonchev–Trinajstić information content (AvgIpc) is 2.54. The fourth-order valence-electron chi connectivity index (χ4n) is 1.95. The van der Waals surface area contributed by atoms with Crippen LogP contribution in [-0.2, 0) is 9.59 Å². The monoisotopic (exact) mass is 330 g/mol. The number of nitrogens with one attached hydrogen (secondary N) is 2. The van der Waals surface area contributed by atoms with E-state index >= 15 is 0 Å². The van der Waals surface area contributed by atoms with Crippen molar-refractivity contribution in [1.82, 2.24) is 0 Å². The number of hydrogen-bond acceptors (Lipinski definition) is 3. The summed E-state index contributed by atoms with van der Waals surface area (Å²) in [5, 5.41) is 5.26. The van der Waals surface area contributed by atoms with Gasteiger partial charge in [-0.25, -0.2) is 0 Å². The van der Waals surface area contributed by atoms with Gasteiger partial charge in [-0.3, -0.25) is 9.59 Å². The normalized spacial score (nSPS) is 15.6. The van der Waals surface area contributed by atoms with E-state index in [9.17, 15) is 9.59 Å². The minimum atomic E-state index is -0.509. The summed E-state index contributed by atoms with van der Waals surface area (Å²) in [5.74, 6) is -0.887. The molecule has 2 aromatic rings. The van der Waals surface area contributed by atoms with Crippen LogP contribution in [0, 0.1) is 0 Å².